The van der Waals surface area contributed by atoms with Crippen LogP contribution in [0.25, 0.3) is 22.6 Å². The van der Waals surface area contributed by atoms with E-state index in [-0.39, 0.29) is 17.2 Å². The second kappa shape index (κ2) is 7.34. The van der Waals surface area contributed by atoms with Gasteiger partial charge in [0.25, 0.3) is 5.91 Å². The van der Waals surface area contributed by atoms with E-state index in [0.717, 1.165) is 6.26 Å². The molecular weight excluding hydrogens is 368 g/mol. The minimum Gasteiger partial charge on any atom is -0.439 e. The minimum absolute atomic E-state index is 0.0815. The molecule has 0 fully saturated rings. The topological polar surface area (TPSA) is 101 Å². The molecule has 8 heteroatoms. The molecule has 1 aromatic heterocycles. The smallest absolute Gasteiger partial charge is 0.254 e. The van der Waals surface area contributed by atoms with E-state index in [0.29, 0.717) is 27.6 Å². The van der Waals surface area contributed by atoms with E-state index in [4.69, 9.17) is 4.42 Å². The fourth-order valence-corrected chi connectivity index (χ4v) is 3.53. The molecular formula is C19H18N2O5S. The zero-order valence-electron chi connectivity index (χ0n) is 14.8. The summed E-state index contributed by atoms with van der Waals surface area (Å²) in [7, 11) is -2.29. The lowest BCUT2D eigenvalue weighted by Crippen LogP contribution is -2.24. The number of oxazole rings is 1. The van der Waals surface area contributed by atoms with Gasteiger partial charge in [-0.15, -0.1) is 0 Å². The zero-order chi connectivity index (χ0) is 19.6. The maximum absolute atomic E-state index is 12.2. The van der Waals surface area contributed by atoms with Crippen LogP contribution >= 0.6 is 0 Å². The maximum Gasteiger partial charge on any atom is 0.254 e. The predicted molar refractivity (Wildman–Crippen MR) is 98.7 cm³/mol. The number of hydrogen-bond acceptors (Lipinski definition) is 6. The summed E-state index contributed by atoms with van der Waals surface area (Å²) in [5, 5.41) is 9.73. The third kappa shape index (κ3) is 4.07. The van der Waals surface area contributed by atoms with Crippen molar-refractivity contribution in [3.63, 3.8) is 0 Å². The van der Waals surface area contributed by atoms with E-state index >= 15 is 0 Å². The van der Waals surface area contributed by atoms with Crippen LogP contribution in [0.15, 0.2) is 63.9 Å². The third-order valence-electron chi connectivity index (χ3n) is 3.91. The van der Waals surface area contributed by atoms with Gasteiger partial charge in [0.2, 0.25) is 5.89 Å². The summed E-state index contributed by atoms with van der Waals surface area (Å²) in [6.07, 6.45) is 0.868. The molecule has 1 amide bonds. The first kappa shape index (κ1) is 18.8. The van der Waals surface area contributed by atoms with E-state index in [1.807, 2.05) is 18.2 Å². The lowest BCUT2D eigenvalue weighted by atomic mass is 10.1. The molecule has 2 aromatic carbocycles. The molecule has 0 unspecified atom stereocenters. The number of carbonyl (C=O) groups is 1. The fourth-order valence-electron chi connectivity index (χ4n) is 2.64. The van der Waals surface area contributed by atoms with Crippen LogP contribution in [0.2, 0.25) is 0 Å². The Morgan fingerprint density at radius 3 is 2.37 bits per heavy atom. The normalized spacial score (nSPS) is 11.4. The highest BCUT2D eigenvalue weighted by Crippen LogP contribution is 2.36. The fraction of sp³-hybridized carbons (Fsp3) is 0.158. The van der Waals surface area contributed by atoms with Crippen molar-refractivity contribution in [3.8, 4) is 22.6 Å². The second-order valence-corrected chi connectivity index (χ2v) is 8.00. The van der Waals surface area contributed by atoms with Crippen molar-refractivity contribution in [1.29, 1.82) is 0 Å². The highest BCUT2D eigenvalue weighted by atomic mass is 32.2. The number of hydroxylamine groups is 2. The number of amides is 1. The summed E-state index contributed by atoms with van der Waals surface area (Å²) in [5.41, 5.74) is 1.41. The van der Waals surface area contributed by atoms with E-state index in [9.17, 15) is 18.4 Å². The number of rotatable bonds is 5. The SMILES string of the molecule is CN(O)C(=O)Cc1nc(-c2ccccc2S(C)(=O)=O)c(-c2ccccc2)o1. The van der Waals surface area contributed by atoms with Crippen molar-refractivity contribution in [2.24, 2.45) is 0 Å². The average molecular weight is 386 g/mol. The van der Waals surface area contributed by atoms with Crippen molar-refractivity contribution in [1.82, 2.24) is 10.0 Å². The third-order valence-corrected chi connectivity index (χ3v) is 5.07. The van der Waals surface area contributed by atoms with Crippen molar-refractivity contribution in [2.75, 3.05) is 13.3 Å². The lowest BCUT2D eigenvalue weighted by Gasteiger charge is -2.07. The number of carbonyl (C=O) groups excluding carboxylic acids is 1. The molecule has 0 aliphatic rings. The zero-order valence-corrected chi connectivity index (χ0v) is 15.6. The molecule has 27 heavy (non-hydrogen) atoms. The van der Waals surface area contributed by atoms with E-state index < -0.39 is 15.7 Å². The largest absolute Gasteiger partial charge is 0.439 e. The van der Waals surface area contributed by atoms with Gasteiger partial charge in [-0.1, -0.05) is 48.5 Å². The van der Waals surface area contributed by atoms with Gasteiger partial charge in [-0.25, -0.2) is 18.5 Å². The Bertz CT molecular complexity index is 1070. The number of aromatic nitrogens is 1. The molecule has 0 aliphatic carbocycles. The van der Waals surface area contributed by atoms with Crippen molar-refractivity contribution >= 4 is 15.7 Å². The highest BCUT2D eigenvalue weighted by molar-refractivity contribution is 7.90. The Morgan fingerprint density at radius 2 is 1.74 bits per heavy atom. The number of benzene rings is 2. The van der Waals surface area contributed by atoms with Crippen molar-refractivity contribution in [2.45, 2.75) is 11.3 Å². The van der Waals surface area contributed by atoms with Crippen LogP contribution in [-0.4, -0.2) is 42.9 Å². The first-order chi connectivity index (χ1) is 12.8. The lowest BCUT2D eigenvalue weighted by molar-refractivity contribution is -0.158. The van der Waals surface area contributed by atoms with Gasteiger partial charge in [-0.3, -0.25) is 10.0 Å². The summed E-state index contributed by atoms with van der Waals surface area (Å²) in [6.45, 7) is 0. The Hall–Kier alpha value is -2.97. The summed E-state index contributed by atoms with van der Waals surface area (Å²) in [5.74, 6) is -0.160. The van der Waals surface area contributed by atoms with Crippen LogP contribution in [0.1, 0.15) is 5.89 Å². The van der Waals surface area contributed by atoms with E-state index in [1.165, 1.54) is 13.1 Å². The van der Waals surface area contributed by atoms with Gasteiger partial charge < -0.3 is 4.42 Å². The Kier molecular flexibility index (Phi) is 5.11. The minimum atomic E-state index is -3.50. The molecule has 0 bridgehead atoms. The molecule has 0 aliphatic heterocycles. The predicted octanol–water partition coefficient (Wildman–Crippen LogP) is 2.80. The average Bonchev–Trinajstić information content (AvgIpc) is 3.05. The van der Waals surface area contributed by atoms with Crippen LogP contribution < -0.4 is 0 Å². The van der Waals surface area contributed by atoms with Crippen LogP contribution in [0.3, 0.4) is 0 Å². The van der Waals surface area contributed by atoms with Crippen LogP contribution in [0, 0.1) is 0 Å². The van der Waals surface area contributed by atoms with Crippen molar-refractivity contribution < 1.29 is 22.8 Å². The first-order valence-electron chi connectivity index (χ1n) is 8.07. The quantitative estimate of drug-likeness (QED) is 0.534. The standard InChI is InChI=1S/C19H18N2O5S/c1-21(23)17(22)12-16-20-18(19(26-16)13-8-4-3-5-9-13)14-10-6-7-11-15(14)27(2,24)25/h3-11,23H,12H2,1-2H3. The number of hydrogen-bond donors (Lipinski definition) is 1. The molecule has 3 rings (SSSR count). The van der Waals surface area contributed by atoms with Crippen LogP contribution in [0.4, 0.5) is 0 Å². The molecule has 3 aromatic rings. The highest BCUT2D eigenvalue weighted by Gasteiger charge is 2.23. The van der Waals surface area contributed by atoms with Gasteiger partial charge in [-0.2, -0.15) is 0 Å². The Balaban J connectivity index is 2.20. The summed E-state index contributed by atoms with van der Waals surface area (Å²) < 4.78 is 30.2. The summed E-state index contributed by atoms with van der Waals surface area (Å²) in [6, 6.07) is 15.6. The van der Waals surface area contributed by atoms with Gasteiger partial charge in [0.05, 0.1) is 4.90 Å². The van der Waals surface area contributed by atoms with Crippen LogP contribution in [0.5, 0.6) is 0 Å². The first-order valence-corrected chi connectivity index (χ1v) is 9.96. The van der Waals surface area contributed by atoms with Gasteiger partial charge in [0.15, 0.2) is 15.6 Å². The molecule has 0 saturated carbocycles. The maximum atomic E-state index is 12.2. The molecule has 7 nitrogen and oxygen atoms in total. The van der Waals surface area contributed by atoms with E-state index in [1.54, 1.807) is 30.3 Å². The van der Waals surface area contributed by atoms with Crippen LogP contribution in [-0.2, 0) is 21.1 Å². The Labute approximate surface area is 156 Å². The molecule has 1 heterocycles. The van der Waals surface area contributed by atoms with Gasteiger partial charge >= 0.3 is 0 Å². The number of nitrogens with zero attached hydrogens (tertiary/aromatic N) is 2. The van der Waals surface area contributed by atoms with Gasteiger partial charge in [-0.05, 0) is 6.07 Å². The molecule has 0 atom stereocenters. The van der Waals surface area contributed by atoms with Crippen molar-refractivity contribution in [3.05, 3.63) is 60.5 Å². The molecule has 140 valence electrons. The number of sulfone groups is 1. The molecule has 0 saturated heterocycles. The second-order valence-electron chi connectivity index (χ2n) is 6.01. The Morgan fingerprint density at radius 1 is 1.11 bits per heavy atom. The molecule has 1 N–H and O–H groups in total. The monoisotopic (exact) mass is 386 g/mol. The molecule has 0 radical (unpaired) electrons. The summed E-state index contributed by atoms with van der Waals surface area (Å²) >= 11 is 0. The van der Waals surface area contributed by atoms with E-state index in [2.05, 4.69) is 4.98 Å². The van der Waals surface area contributed by atoms with Gasteiger partial charge in [0, 0.05) is 24.4 Å². The number of likely N-dealkylation sites (N-methyl/N-ethyl adjacent to an activating group) is 1. The van der Waals surface area contributed by atoms with Gasteiger partial charge in [0.1, 0.15) is 12.1 Å². The summed E-state index contributed by atoms with van der Waals surface area (Å²) in [4.78, 5) is 16.3. The molecule has 0 spiro atoms.